The van der Waals surface area contributed by atoms with E-state index in [9.17, 15) is 0 Å². The van der Waals surface area contributed by atoms with Crippen molar-refractivity contribution >= 4 is 74.3 Å². The van der Waals surface area contributed by atoms with Crippen LogP contribution in [0.15, 0.2) is 140 Å². The summed E-state index contributed by atoms with van der Waals surface area (Å²) < 4.78 is 0. The van der Waals surface area contributed by atoms with Crippen LogP contribution >= 0.6 is 0 Å². The molecular formula is C64H70BN3. The summed E-state index contributed by atoms with van der Waals surface area (Å²) in [7, 11) is 0. The lowest BCUT2D eigenvalue weighted by atomic mass is 9.33. The molecule has 0 spiro atoms. The fourth-order valence-corrected chi connectivity index (χ4v) is 12.4. The SMILES string of the molecule is Cc1cc(C(C)(C)C)ccc1N1c2cc3c(cc2B2c4cc5c(cc4N(c4ccc(C(C)(C)C)cc4)c4cc(N(c6ccccc6)c6ccccc6)cc1c42)C(C)(C)CCC5(C)C)CC(C)(C)C3. The highest BCUT2D eigenvalue weighted by Crippen LogP contribution is 2.53. The van der Waals surface area contributed by atoms with Crippen molar-refractivity contribution in [3.8, 4) is 0 Å². The molecule has 4 aliphatic rings. The predicted molar refractivity (Wildman–Crippen MR) is 294 cm³/mol. The molecule has 0 aromatic heterocycles. The van der Waals surface area contributed by atoms with Gasteiger partial charge in [-0.05, 0) is 182 Å². The van der Waals surface area contributed by atoms with Gasteiger partial charge in [-0.25, -0.2) is 0 Å². The summed E-state index contributed by atoms with van der Waals surface area (Å²) in [4.78, 5) is 7.80. The molecule has 2 aliphatic heterocycles. The van der Waals surface area contributed by atoms with E-state index in [0.717, 1.165) is 36.3 Å². The fraction of sp³-hybridized carbons (Fsp3) is 0.344. The lowest BCUT2D eigenvalue weighted by Gasteiger charge is -2.48. The zero-order chi connectivity index (χ0) is 47.9. The Hall–Kier alpha value is -6.00. The van der Waals surface area contributed by atoms with Crippen molar-refractivity contribution in [2.24, 2.45) is 5.41 Å². The maximum Gasteiger partial charge on any atom is 0.252 e. The predicted octanol–water partition coefficient (Wildman–Crippen LogP) is 15.6. The Balaban J connectivity index is 1.30. The molecule has 0 bridgehead atoms. The van der Waals surface area contributed by atoms with E-state index in [1.807, 2.05) is 0 Å². The van der Waals surface area contributed by atoms with E-state index < -0.39 is 0 Å². The molecule has 2 heterocycles. The first-order valence-corrected chi connectivity index (χ1v) is 25.3. The molecule has 2 aliphatic carbocycles. The highest BCUT2D eigenvalue weighted by molar-refractivity contribution is 7.00. The maximum atomic E-state index is 2.69. The van der Waals surface area contributed by atoms with Gasteiger partial charge in [0.15, 0.2) is 0 Å². The van der Waals surface area contributed by atoms with Crippen LogP contribution in [0.25, 0.3) is 0 Å². The quantitative estimate of drug-likeness (QED) is 0.159. The van der Waals surface area contributed by atoms with Crippen molar-refractivity contribution in [3.63, 3.8) is 0 Å². The Kier molecular flexibility index (Phi) is 9.98. The third kappa shape index (κ3) is 7.23. The molecule has 0 amide bonds. The van der Waals surface area contributed by atoms with Gasteiger partial charge in [-0.2, -0.15) is 0 Å². The van der Waals surface area contributed by atoms with E-state index in [1.54, 1.807) is 0 Å². The third-order valence-electron chi connectivity index (χ3n) is 16.3. The maximum absolute atomic E-state index is 2.69. The number of aryl methyl sites for hydroxylation is 1. The molecule has 4 heteroatoms. The Morgan fingerprint density at radius 1 is 0.471 bits per heavy atom. The zero-order valence-corrected chi connectivity index (χ0v) is 43.0. The van der Waals surface area contributed by atoms with Crippen molar-refractivity contribution in [2.75, 3.05) is 14.7 Å². The van der Waals surface area contributed by atoms with E-state index in [0.29, 0.717) is 0 Å². The van der Waals surface area contributed by atoms with E-state index in [1.165, 1.54) is 95.9 Å². The van der Waals surface area contributed by atoms with E-state index in [2.05, 4.69) is 244 Å². The summed E-state index contributed by atoms with van der Waals surface area (Å²) in [6, 6.07) is 54.4. The lowest BCUT2D eigenvalue weighted by Crippen LogP contribution is -2.62. The topological polar surface area (TPSA) is 9.72 Å². The van der Waals surface area contributed by atoms with Crippen LogP contribution in [-0.2, 0) is 34.5 Å². The molecule has 11 rings (SSSR count). The Bertz CT molecular complexity index is 3090. The second-order valence-corrected chi connectivity index (χ2v) is 25.0. The lowest BCUT2D eigenvalue weighted by molar-refractivity contribution is 0.332. The number of para-hydroxylation sites is 2. The standard InChI is InChI=1S/C64H70BN3/c1-41-32-45(61(5,6)7)26-29-54(41)68-55-34-43-40-62(8,9)39-42(43)33-52(55)65-53-37-50-51(64(12,13)31-30-63(50,10)11)38-56(53)67(48-27-24-44(25-28-48)60(2,3)4)57-35-49(36-58(68)59(57)65)66(46-20-16-14-17-21-46)47-22-18-15-19-23-47/h14-29,32-38H,30-31,39-40H2,1-13H3. The van der Waals surface area contributed by atoms with Crippen LogP contribution in [0.2, 0.25) is 0 Å². The van der Waals surface area contributed by atoms with Crippen molar-refractivity contribution in [1.29, 1.82) is 0 Å². The van der Waals surface area contributed by atoms with Crippen LogP contribution in [0.1, 0.15) is 135 Å². The van der Waals surface area contributed by atoms with Gasteiger partial charge in [-0.1, -0.05) is 156 Å². The van der Waals surface area contributed by atoms with Gasteiger partial charge >= 0.3 is 0 Å². The van der Waals surface area contributed by atoms with Gasteiger partial charge < -0.3 is 14.7 Å². The number of fused-ring (bicyclic) bond motifs is 6. The molecule has 344 valence electrons. The highest BCUT2D eigenvalue weighted by atomic mass is 15.2. The van der Waals surface area contributed by atoms with Crippen LogP contribution in [-0.4, -0.2) is 6.71 Å². The Morgan fingerprint density at radius 2 is 0.971 bits per heavy atom. The van der Waals surface area contributed by atoms with Crippen LogP contribution in [0.4, 0.5) is 51.2 Å². The van der Waals surface area contributed by atoms with E-state index >= 15 is 0 Å². The fourth-order valence-electron chi connectivity index (χ4n) is 12.4. The summed E-state index contributed by atoms with van der Waals surface area (Å²) >= 11 is 0. The van der Waals surface area contributed by atoms with Gasteiger partial charge in [0, 0.05) is 45.5 Å². The molecule has 0 N–H and O–H groups in total. The summed E-state index contributed by atoms with van der Waals surface area (Å²) in [5, 5.41) is 0. The number of benzene rings is 7. The minimum absolute atomic E-state index is 0.0246. The van der Waals surface area contributed by atoms with Crippen molar-refractivity contribution in [3.05, 3.63) is 178 Å². The second kappa shape index (κ2) is 15.3. The van der Waals surface area contributed by atoms with Gasteiger partial charge in [0.2, 0.25) is 0 Å². The minimum atomic E-state index is 0.0246. The zero-order valence-electron chi connectivity index (χ0n) is 43.0. The first-order chi connectivity index (χ1) is 32.1. The summed E-state index contributed by atoms with van der Waals surface area (Å²) in [6.07, 6.45) is 4.51. The normalized spacial score (nSPS) is 17.2. The molecule has 7 aromatic carbocycles. The van der Waals surface area contributed by atoms with Crippen LogP contribution in [0.5, 0.6) is 0 Å². The summed E-state index contributed by atoms with van der Waals surface area (Å²) in [6.45, 7) is 31.1. The van der Waals surface area contributed by atoms with E-state index in [4.69, 9.17) is 0 Å². The number of anilines is 9. The third-order valence-corrected chi connectivity index (χ3v) is 16.3. The minimum Gasteiger partial charge on any atom is -0.311 e. The van der Waals surface area contributed by atoms with Gasteiger partial charge in [0.1, 0.15) is 0 Å². The van der Waals surface area contributed by atoms with Crippen LogP contribution in [0.3, 0.4) is 0 Å². The van der Waals surface area contributed by atoms with Crippen LogP contribution in [0, 0.1) is 12.3 Å². The number of nitrogens with zero attached hydrogens (tertiary/aromatic N) is 3. The largest absolute Gasteiger partial charge is 0.311 e. The van der Waals surface area contributed by atoms with Gasteiger partial charge in [0.05, 0.1) is 5.69 Å². The molecule has 0 radical (unpaired) electrons. The monoisotopic (exact) mass is 892 g/mol. The first kappa shape index (κ1) is 44.5. The number of hydrogen-bond donors (Lipinski definition) is 0. The average molecular weight is 892 g/mol. The van der Waals surface area contributed by atoms with Gasteiger partial charge in [0.25, 0.3) is 6.71 Å². The number of hydrogen-bond acceptors (Lipinski definition) is 3. The number of rotatable bonds is 5. The van der Waals surface area contributed by atoms with E-state index in [-0.39, 0.29) is 33.8 Å². The molecule has 0 saturated heterocycles. The second-order valence-electron chi connectivity index (χ2n) is 25.0. The molecule has 68 heavy (non-hydrogen) atoms. The van der Waals surface area contributed by atoms with Crippen molar-refractivity contribution in [2.45, 2.75) is 137 Å². The first-order valence-electron chi connectivity index (χ1n) is 25.3. The highest BCUT2D eigenvalue weighted by Gasteiger charge is 2.48. The molecule has 7 aromatic rings. The van der Waals surface area contributed by atoms with Crippen molar-refractivity contribution in [1.82, 2.24) is 0 Å². The Morgan fingerprint density at radius 3 is 1.53 bits per heavy atom. The molecule has 0 fully saturated rings. The smallest absolute Gasteiger partial charge is 0.252 e. The van der Waals surface area contributed by atoms with Crippen molar-refractivity contribution < 1.29 is 0 Å². The molecular weight excluding hydrogens is 822 g/mol. The molecule has 3 nitrogen and oxygen atoms in total. The average Bonchev–Trinajstić information content (AvgIpc) is 3.60. The Labute approximate surface area is 408 Å². The molecule has 0 saturated carbocycles. The van der Waals surface area contributed by atoms with Crippen LogP contribution < -0.4 is 31.1 Å². The van der Waals surface area contributed by atoms with Gasteiger partial charge in [-0.3, -0.25) is 0 Å². The molecule has 0 unspecified atom stereocenters. The summed E-state index contributed by atoms with van der Waals surface area (Å²) in [5.41, 5.74) is 25.5. The summed E-state index contributed by atoms with van der Waals surface area (Å²) in [5.74, 6) is 0. The molecule has 0 atom stereocenters. The van der Waals surface area contributed by atoms with Gasteiger partial charge in [-0.15, -0.1) is 0 Å².